The van der Waals surface area contributed by atoms with E-state index in [0.29, 0.717) is 5.02 Å². The van der Waals surface area contributed by atoms with E-state index in [2.05, 4.69) is 15.6 Å². The van der Waals surface area contributed by atoms with Crippen molar-refractivity contribution >= 4 is 62.3 Å². The first-order valence-corrected chi connectivity index (χ1v) is 14.7. The van der Waals surface area contributed by atoms with Gasteiger partial charge in [-0.2, -0.15) is 0 Å². The van der Waals surface area contributed by atoms with Gasteiger partial charge in [0.05, 0.1) is 33.2 Å². The summed E-state index contributed by atoms with van der Waals surface area (Å²) < 4.78 is 35.2. The highest BCUT2D eigenvalue weighted by Crippen LogP contribution is 2.28. The molecular formula is C27H28Cl2N4O7S. The van der Waals surface area contributed by atoms with Gasteiger partial charge in [0.2, 0.25) is 0 Å². The molecule has 0 aliphatic rings. The number of pyridine rings is 1. The van der Waals surface area contributed by atoms with E-state index < -0.39 is 39.4 Å². The van der Waals surface area contributed by atoms with E-state index in [1.807, 2.05) is 0 Å². The smallest absolute Gasteiger partial charge is 0.311 e. The number of rotatable bonds is 9. The molecule has 1 atom stereocenters. The van der Waals surface area contributed by atoms with Crippen LogP contribution in [0.4, 0.5) is 11.5 Å². The highest BCUT2D eigenvalue weighted by atomic mass is 35.5. The minimum Gasteiger partial charge on any atom is -0.474 e. The standard InChI is InChI=1S/C27H28Cl2N4O7S/c1-27(2,3)40-24(34)13-22(30)39-21-12-17(41(4,37)38)7-8-18(21)25(35)32-20-9-5-15(28)11-19(20)26(36)33-23-10-6-16(29)14-31-23/h5-12,14,22H,13,30H2,1-4H3,(H,32,35)(H,31,33,36). The first kappa shape index (κ1) is 31.8. The van der Waals surface area contributed by atoms with Gasteiger partial charge in [-0.3, -0.25) is 20.1 Å². The van der Waals surface area contributed by atoms with Crippen LogP contribution in [0.3, 0.4) is 0 Å². The van der Waals surface area contributed by atoms with Crippen LogP contribution in [-0.4, -0.2) is 49.3 Å². The van der Waals surface area contributed by atoms with E-state index >= 15 is 0 Å². The molecule has 0 radical (unpaired) electrons. The molecule has 0 aliphatic heterocycles. The number of anilines is 2. The quantitative estimate of drug-likeness (QED) is 0.226. The molecule has 1 aromatic heterocycles. The predicted molar refractivity (Wildman–Crippen MR) is 155 cm³/mol. The highest BCUT2D eigenvalue weighted by Gasteiger charge is 2.24. The van der Waals surface area contributed by atoms with Gasteiger partial charge < -0.3 is 20.1 Å². The van der Waals surface area contributed by atoms with Crippen molar-refractivity contribution in [3.05, 3.63) is 75.9 Å². The second-order valence-corrected chi connectivity index (χ2v) is 12.7. The molecule has 2 aromatic carbocycles. The van der Waals surface area contributed by atoms with Crippen molar-refractivity contribution in [2.24, 2.45) is 5.73 Å². The van der Waals surface area contributed by atoms with Crippen molar-refractivity contribution in [2.75, 3.05) is 16.9 Å². The van der Waals surface area contributed by atoms with Crippen LogP contribution in [0.25, 0.3) is 0 Å². The van der Waals surface area contributed by atoms with Crippen LogP contribution < -0.4 is 21.1 Å². The summed E-state index contributed by atoms with van der Waals surface area (Å²) in [6.07, 6.45) is 0.699. The molecule has 0 saturated heterocycles. The maximum absolute atomic E-state index is 13.4. The maximum atomic E-state index is 13.4. The number of esters is 1. The van der Waals surface area contributed by atoms with E-state index in [-0.39, 0.29) is 44.7 Å². The average Bonchev–Trinajstić information content (AvgIpc) is 2.84. The number of carbonyl (C=O) groups excluding carboxylic acids is 3. The number of carbonyl (C=O) groups is 3. The fourth-order valence-corrected chi connectivity index (χ4v) is 4.33. The van der Waals surface area contributed by atoms with Crippen LogP contribution in [0.5, 0.6) is 5.75 Å². The lowest BCUT2D eigenvalue weighted by molar-refractivity contribution is -0.156. The van der Waals surface area contributed by atoms with Crippen LogP contribution in [0.2, 0.25) is 10.0 Å². The summed E-state index contributed by atoms with van der Waals surface area (Å²) in [7, 11) is -3.69. The first-order valence-electron chi connectivity index (χ1n) is 12.0. The number of hydrogen-bond acceptors (Lipinski definition) is 9. The topological polar surface area (TPSA) is 167 Å². The third kappa shape index (κ3) is 9.42. The number of halogens is 2. The van der Waals surface area contributed by atoms with Crippen molar-refractivity contribution in [2.45, 2.75) is 43.9 Å². The lowest BCUT2D eigenvalue weighted by Crippen LogP contribution is -2.34. The summed E-state index contributed by atoms with van der Waals surface area (Å²) in [4.78, 5) is 42.5. The number of nitrogens with zero attached hydrogens (tertiary/aromatic N) is 1. The Morgan fingerprint density at radius 3 is 2.22 bits per heavy atom. The van der Waals surface area contributed by atoms with Gasteiger partial charge in [-0.15, -0.1) is 0 Å². The van der Waals surface area contributed by atoms with Crippen molar-refractivity contribution in [1.82, 2.24) is 4.98 Å². The SMILES string of the molecule is CC(C)(C)OC(=O)CC(N)Oc1cc(S(C)(=O)=O)ccc1C(=O)Nc1ccc(Cl)cc1C(=O)Nc1ccc(Cl)cn1. The number of benzene rings is 2. The van der Waals surface area contributed by atoms with E-state index in [9.17, 15) is 22.8 Å². The van der Waals surface area contributed by atoms with Crippen molar-refractivity contribution in [1.29, 1.82) is 0 Å². The Balaban J connectivity index is 1.90. The number of nitrogens with two attached hydrogens (primary N) is 1. The van der Waals surface area contributed by atoms with Gasteiger partial charge in [0.25, 0.3) is 11.8 Å². The van der Waals surface area contributed by atoms with Gasteiger partial charge in [0, 0.05) is 17.5 Å². The summed E-state index contributed by atoms with van der Waals surface area (Å²) in [5, 5.41) is 5.81. The minimum absolute atomic E-state index is 0.0134. The van der Waals surface area contributed by atoms with Crippen LogP contribution in [0.1, 0.15) is 47.9 Å². The molecular weight excluding hydrogens is 595 g/mol. The number of ether oxygens (including phenoxy) is 2. The molecule has 218 valence electrons. The first-order chi connectivity index (χ1) is 19.0. The van der Waals surface area contributed by atoms with Gasteiger partial charge in [-0.05, 0) is 69.3 Å². The fourth-order valence-electron chi connectivity index (χ4n) is 3.41. The molecule has 0 bridgehead atoms. The van der Waals surface area contributed by atoms with Crippen LogP contribution >= 0.6 is 23.2 Å². The molecule has 1 heterocycles. The Bertz CT molecular complexity index is 1570. The Morgan fingerprint density at radius 2 is 1.61 bits per heavy atom. The zero-order chi connectivity index (χ0) is 30.5. The van der Waals surface area contributed by atoms with Crippen molar-refractivity contribution < 1.29 is 32.3 Å². The predicted octanol–water partition coefficient (Wildman–Crippen LogP) is 4.69. The zero-order valence-corrected chi connectivity index (χ0v) is 24.9. The summed E-state index contributed by atoms with van der Waals surface area (Å²) in [6, 6.07) is 10.9. The Kier molecular flexibility index (Phi) is 9.98. The van der Waals surface area contributed by atoms with Gasteiger partial charge in [-0.1, -0.05) is 23.2 Å². The molecule has 41 heavy (non-hydrogen) atoms. The summed E-state index contributed by atoms with van der Waals surface area (Å²) in [5.41, 5.74) is 5.21. The number of aromatic nitrogens is 1. The van der Waals surface area contributed by atoms with Crippen molar-refractivity contribution in [3.8, 4) is 5.75 Å². The van der Waals surface area contributed by atoms with Crippen LogP contribution in [0, 0.1) is 0 Å². The lowest BCUT2D eigenvalue weighted by atomic mass is 10.1. The fraction of sp³-hybridized carbons (Fsp3) is 0.259. The summed E-state index contributed by atoms with van der Waals surface area (Å²) >= 11 is 11.9. The largest absolute Gasteiger partial charge is 0.474 e. The minimum atomic E-state index is -3.69. The zero-order valence-electron chi connectivity index (χ0n) is 22.5. The van der Waals surface area contributed by atoms with Crippen LogP contribution in [-0.2, 0) is 19.4 Å². The van der Waals surface area contributed by atoms with E-state index in [1.54, 1.807) is 26.8 Å². The molecule has 0 aliphatic carbocycles. The normalized spacial score (nSPS) is 12.3. The molecule has 14 heteroatoms. The third-order valence-corrected chi connectivity index (χ3v) is 6.70. The maximum Gasteiger partial charge on any atom is 0.311 e. The summed E-state index contributed by atoms with van der Waals surface area (Å²) in [6.45, 7) is 5.06. The summed E-state index contributed by atoms with van der Waals surface area (Å²) in [5.74, 6) is -2.02. The van der Waals surface area contributed by atoms with Gasteiger partial charge in [0.15, 0.2) is 16.1 Å². The number of nitrogens with one attached hydrogen (secondary N) is 2. The number of amides is 2. The Labute approximate surface area is 247 Å². The monoisotopic (exact) mass is 622 g/mol. The second-order valence-electron chi connectivity index (χ2n) is 9.84. The lowest BCUT2D eigenvalue weighted by Gasteiger charge is -2.22. The third-order valence-electron chi connectivity index (χ3n) is 5.14. The van der Waals surface area contributed by atoms with E-state index in [1.165, 1.54) is 42.6 Å². The molecule has 3 aromatic rings. The van der Waals surface area contributed by atoms with Gasteiger partial charge in [0.1, 0.15) is 17.2 Å². The van der Waals surface area contributed by atoms with Crippen molar-refractivity contribution in [3.63, 3.8) is 0 Å². The van der Waals surface area contributed by atoms with E-state index in [4.69, 9.17) is 38.4 Å². The number of hydrogen-bond donors (Lipinski definition) is 3. The van der Waals surface area contributed by atoms with Crippen LogP contribution in [0.15, 0.2) is 59.6 Å². The van der Waals surface area contributed by atoms with E-state index in [0.717, 1.165) is 12.3 Å². The second kappa shape index (κ2) is 12.9. The molecule has 0 saturated carbocycles. The molecule has 4 N–H and O–H groups in total. The van der Waals surface area contributed by atoms with Gasteiger partial charge in [-0.25, -0.2) is 13.4 Å². The Morgan fingerprint density at radius 1 is 0.951 bits per heavy atom. The molecule has 0 fully saturated rings. The average molecular weight is 624 g/mol. The molecule has 3 rings (SSSR count). The highest BCUT2D eigenvalue weighted by molar-refractivity contribution is 7.90. The molecule has 11 nitrogen and oxygen atoms in total. The molecule has 2 amide bonds. The number of sulfone groups is 1. The molecule has 0 spiro atoms. The molecule has 1 unspecified atom stereocenters. The Hall–Kier alpha value is -3.71. The van der Waals surface area contributed by atoms with Gasteiger partial charge >= 0.3 is 5.97 Å².